The maximum Gasteiger partial charge on any atom is 0.292 e. The van der Waals surface area contributed by atoms with E-state index in [4.69, 9.17) is 30.5 Å². The minimum atomic E-state index is -0.163. The van der Waals surface area contributed by atoms with Crippen molar-refractivity contribution in [2.45, 2.75) is 25.9 Å². The lowest BCUT2D eigenvalue weighted by Gasteiger charge is -2.29. The number of hydrogen-bond acceptors (Lipinski definition) is 14. The number of oxazole rings is 1. The number of carbonyl (C=O) groups is 3. The normalized spacial score (nSPS) is 14.5. The van der Waals surface area contributed by atoms with Crippen molar-refractivity contribution in [2.24, 2.45) is 0 Å². The molecule has 5 aromatic rings. The Bertz CT molecular complexity index is 2180. The van der Waals surface area contributed by atoms with E-state index < -0.39 is 0 Å². The number of piperazine rings is 1. The van der Waals surface area contributed by atoms with Crippen LogP contribution in [0.5, 0.6) is 0 Å². The summed E-state index contributed by atoms with van der Waals surface area (Å²) in [6.45, 7) is 6.66. The lowest BCUT2D eigenvalue weighted by Crippen LogP contribution is -2.50. The number of aromatic nitrogens is 5. The lowest BCUT2D eigenvalue weighted by molar-refractivity contribution is -0.134. The highest BCUT2D eigenvalue weighted by Gasteiger charge is 2.23. The van der Waals surface area contributed by atoms with Crippen LogP contribution < -0.4 is 22.1 Å². The monoisotopic (exact) mass is 768 g/mol. The molecule has 296 valence electrons. The van der Waals surface area contributed by atoms with Crippen LogP contribution in [0.4, 0.5) is 11.8 Å². The summed E-state index contributed by atoms with van der Waals surface area (Å²) in [5.41, 5.74) is 18.7. The molecule has 3 aromatic heterocycles. The zero-order valence-electron chi connectivity index (χ0n) is 31.5. The topological polar surface area (TPSA) is 225 Å². The fourth-order valence-electron chi connectivity index (χ4n) is 7.03. The molecule has 56 heavy (non-hydrogen) atoms. The molecule has 5 heterocycles. The summed E-state index contributed by atoms with van der Waals surface area (Å²) in [6, 6.07) is 11.9. The number of anilines is 2. The van der Waals surface area contributed by atoms with E-state index in [1.807, 2.05) is 26.6 Å². The van der Waals surface area contributed by atoms with Crippen molar-refractivity contribution in [2.75, 3.05) is 97.3 Å². The van der Waals surface area contributed by atoms with Gasteiger partial charge in [0.1, 0.15) is 23.4 Å². The zero-order chi connectivity index (χ0) is 39.0. The van der Waals surface area contributed by atoms with Crippen LogP contribution in [0.15, 0.2) is 47.1 Å². The van der Waals surface area contributed by atoms with Crippen molar-refractivity contribution < 1.29 is 28.3 Å². The Hall–Kier alpha value is -5.69. The molecular formula is C38H48N12O6. The second-order valence-corrected chi connectivity index (χ2v) is 14.0. The van der Waals surface area contributed by atoms with Crippen LogP contribution in [0.25, 0.3) is 33.4 Å². The molecule has 0 unspecified atom stereocenters. The first-order valence-electron chi connectivity index (χ1n) is 18.8. The summed E-state index contributed by atoms with van der Waals surface area (Å²) in [7, 11) is 1.76. The molecule has 18 heteroatoms. The minimum Gasteiger partial charge on any atom is -0.424 e. The number of rotatable bonds is 16. The van der Waals surface area contributed by atoms with E-state index in [1.54, 1.807) is 18.0 Å². The van der Waals surface area contributed by atoms with E-state index in [0.717, 1.165) is 36.2 Å². The highest BCUT2D eigenvalue weighted by molar-refractivity contribution is 5.99. The molecular weight excluding hydrogens is 720 g/mol. The van der Waals surface area contributed by atoms with E-state index in [0.29, 0.717) is 99.3 Å². The van der Waals surface area contributed by atoms with Gasteiger partial charge in [-0.3, -0.25) is 19.3 Å². The largest absolute Gasteiger partial charge is 0.424 e. The summed E-state index contributed by atoms with van der Waals surface area (Å²) < 4.78 is 18.5. The number of carbonyl (C=O) groups excluding carboxylic acids is 3. The van der Waals surface area contributed by atoms with Gasteiger partial charge in [-0.15, -0.1) is 0 Å². The maximum atomic E-state index is 13.0. The van der Waals surface area contributed by atoms with Crippen molar-refractivity contribution in [3.8, 4) is 11.3 Å². The van der Waals surface area contributed by atoms with Gasteiger partial charge in [0.2, 0.25) is 17.7 Å². The van der Waals surface area contributed by atoms with Crippen molar-refractivity contribution in [3.05, 3.63) is 59.4 Å². The molecule has 7 rings (SSSR count). The average Bonchev–Trinajstić information content (AvgIpc) is 3.76. The van der Waals surface area contributed by atoms with E-state index >= 15 is 0 Å². The van der Waals surface area contributed by atoms with Crippen LogP contribution >= 0.6 is 0 Å². The average molecular weight is 769 g/mol. The summed E-state index contributed by atoms with van der Waals surface area (Å²) in [5, 5.41) is 11.6. The molecule has 1 saturated heterocycles. The van der Waals surface area contributed by atoms with Gasteiger partial charge in [0.15, 0.2) is 11.2 Å². The SMILES string of the molecule is CN(CC(=O)NCCOCCOCCC(=O)N1CCc2cc(Cn3nc(-c4ccc5oc(N)nc5c4)c4c(N)ncnc43)ccc2C1)CC(=O)N1CCNCC1. The predicted molar refractivity (Wildman–Crippen MR) is 208 cm³/mol. The Kier molecular flexibility index (Phi) is 12.3. The molecule has 2 aromatic carbocycles. The van der Waals surface area contributed by atoms with Gasteiger partial charge in [-0.05, 0) is 48.4 Å². The molecule has 18 nitrogen and oxygen atoms in total. The Morgan fingerprint density at radius 1 is 0.929 bits per heavy atom. The Morgan fingerprint density at radius 2 is 1.75 bits per heavy atom. The maximum absolute atomic E-state index is 13.0. The molecule has 0 bridgehead atoms. The minimum absolute atomic E-state index is 0.0323. The van der Waals surface area contributed by atoms with Crippen molar-refractivity contribution in [1.82, 2.24) is 50.1 Å². The number of hydrogen-bond donors (Lipinski definition) is 4. The number of benzene rings is 2. The third-order valence-electron chi connectivity index (χ3n) is 9.89. The zero-order valence-corrected chi connectivity index (χ0v) is 31.5. The van der Waals surface area contributed by atoms with Crippen molar-refractivity contribution >= 4 is 51.7 Å². The van der Waals surface area contributed by atoms with Gasteiger partial charge >= 0.3 is 0 Å². The summed E-state index contributed by atoms with van der Waals surface area (Å²) in [5.74, 6) is 0.247. The first kappa shape index (κ1) is 38.6. The number of fused-ring (bicyclic) bond motifs is 3. The van der Waals surface area contributed by atoms with Gasteiger partial charge in [-0.2, -0.15) is 10.1 Å². The first-order valence-corrected chi connectivity index (χ1v) is 18.8. The van der Waals surface area contributed by atoms with Crippen LogP contribution in [0, 0.1) is 0 Å². The quantitative estimate of drug-likeness (QED) is 0.101. The van der Waals surface area contributed by atoms with Gasteiger partial charge < -0.3 is 45.8 Å². The molecule has 0 radical (unpaired) electrons. The van der Waals surface area contributed by atoms with Gasteiger partial charge in [-0.1, -0.05) is 18.2 Å². The summed E-state index contributed by atoms with van der Waals surface area (Å²) in [6.07, 6.45) is 2.46. The molecule has 2 aliphatic rings. The Labute approximate surface area is 323 Å². The summed E-state index contributed by atoms with van der Waals surface area (Å²) >= 11 is 0. The van der Waals surface area contributed by atoms with Crippen LogP contribution in [0.3, 0.4) is 0 Å². The number of ether oxygens (including phenoxy) is 2. The molecule has 3 amide bonds. The molecule has 0 atom stereocenters. The van der Waals surface area contributed by atoms with E-state index in [2.05, 4.69) is 43.8 Å². The number of likely N-dealkylation sites (N-methyl/N-ethyl adjacent to an activating group) is 1. The number of nitrogens with zero attached hydrogens (tertiary/aromatic N) is 8. The second-order valence-electron chi connectivity index (χ2n) is 14.0. The molecule has 6 N–H and O–H groups in total. The molecule has 0 saturated carbocycles. The van der Waals surface area contributed by atoms with Crippen molar-refractivity contribution in [3.63, 3.8) is 0 Å². The Balaban J connectivity index is 0.813. The fraction of sp³-hybridized carbons (Fsp3) is 0.447. The smallest absolute Gasteiger partial charge is 0.292 e. The third kappa shape index (κ3) is 9.39. The number of amides is 3. The molecule has 0 spiro atoms. The standard InChI is InChI=1S/C38H48N12O6/c1-47(23-33(53)48-12-8-41-9-13-48)22-31(51)42-10-15-55-17-16-54-14-7-32(52)49-11-6-26-18-25(2-3-28(26)21-49)20-50-37-34(36(39)43-24-44-37)35(46-50)27-4-5-30-29(19-27)45-38(40)56-30/h2-5,18-19,24,41H,6-17,20-23H2,1H3,(H2,40,45)(H,42,51)(H2,39,43,44). The molecule has 0 aliphatic carbocycles. The third-order valence-corrected chi connectivity index (χ3v) is 9.89. The predicted octanol–water partition coefficient (Wildman–Crippen LogP) is 0.635. The number of nitrogens with one attached hydrogen (secondary N) is 2. The van der Waals surface area contributed by atoms with E-state index in [-0.39, 0.29) is 43.2 Å². The van der Waals surface area contributed by atoms with Gasteiger partial charge in [-0.25, -0.2) is 14.6 Å². The van der Waals surface area contributed by atoms with E-state index in [1.165, 1.54) is 11.9 Å². The van der Waals surface area contributed by atoms with Gasteiger partial charge in [0.05, 0.1) is 57.9 Å². The fourth-order valence-corrected chi connectivity index (χ4v) is 7.03. The Morgan fingerprint density at radius 3 is 2.59 bits per heavy atom. The highest BCUT2D eigenvalue weighted by Crippen LogP contribution is 2.33. The van der Waals surface area contributed by atoms with E-state index in [9.17, 15) is 14.4 Å². The van der Waals surface area contributed by atoms with Crippen LogP contribution in [0.1, 0.15) is 23.1 Å². The molecule has 2 aliphatic heterocycles. The second kappa shape index (κ2) is 17.8. The van der Waals surface area contributed by atoms with Crippen LogP contribution in [-0.2, 0) is 43.4 Å². The highest BCUT2D eigenvalue weighted by atomic mass is 16.5. The number of nitrogen functional groups attached to an aromatic ring is 2. The van der Waals surface area contributed by atoms with Crippen LogP contribution in [0.2, 0.25) is 0 Å². The number of nitrogens with two attached hydrogens (primary N) is 2. The summed E-state index contributed by atoms with van der Waals surface area (Å²) in [4.78, 5) is 56.0. The van der Waals surface area contributed by atoms with Gasteiger partial charge in [0.25, 0.3) is 6.01 Å². The van der Waals surface area contributed by atoms with Gasteiger partial charge in [0, 0.05) is 51.4 Å². The van der Waals surface area contributed by atoms with Crippen molar-refractivity contribution in [1.29, 1.82) is 0 Å². The first-order chi connectivity index (χ1) is 27.2. The van der Waals surface area contributed by atoms with Crippen LogP contribution in [-0.4, -0.2) is 143 Å². The lowest BCUT2D eigenvalue weighted by atomic mass is 9.97. The molecule has 1 fully saturated rings.